The summed E-state index contributed by atoms with van der Waals surface area (Å²) in [5, 5.41) is 3.37. The zero-order valence-electron chi connectivity index (χ0n) is 15.6. The zero-order chi connectivity index (χ0) is 18.4. The second kappa shape index (κ2) is 6.60. The first-order chi connectivity index (χ1) is 13.2. The van der Waals surface area contributed by atoms with Crippen LogP contribution in [0.2, 0.25) is 0 Å². The number of nitrogens with one attached hydrogen (secondary N) is 1. The number of carbonyl (C=O) groups is 1. The molecule has 4 heterocycles. The quantitative estimate of drug-likeness (QED) is 0.884. The van der Waals surface area contributed by atoms with Crippen LogP contribution in [0.3, 0.4) is 0 Å². The van der Waals surface area contributed by atoms with Crippen molar-refractivity contribution in [2.75, 3.05) is 19.6 Å². The van der Waals surface area contributed by atoms with Crippen LogP contribution in [-0.4, -0.2) is 46.5 Å². The third-order valence-electron chi connectivity index (χ3n) is 5.81. The Kier molecular flexibility index (Phi) is 4.08. The van der Waals surface area contributed by atoms with Crippen LogP contribution < -0.4 is 10.1 Å². The Balaban J connectivity index is 1.33. The molecule has 3 aliphatic heterocycles. The van der Waals surface area contributed by atoms with E-state index in [0.717, 1.165) is 66.3 Å². The summed E-state index contributed by atoms with van der Waals surface area (Å²) < 4.78 is 5.74. The number of rotatable bonds is 2. The fourth-order valence-corrected chi connectivity index (χ4v) is 4.31. The van der Waals surface area contributed by atoms with Gasteiger partial charge in [-0.3, -0.25) is 4.79 Å². The van der Waals surface area contributed by atoms with Gasteiger partial charge in [-0.2, -0.15) is 0 Å². The second-order valence-corrected chi connectivity index (χ2v) is 7.82. The standard InChI is InChI=1S/C21H24N4O2/c1-13-8-16-9-14(2-3-19(16)27-13)21(26)25-7-5-18-17(12-25)11-23-20(24-18)15-4-6-22-10-15/h2-3,9,11,13,15,22H,4-8,10,12H2,1H3/t13-,15-/m0/s1. The highest BCUT2D eigenvalue weighted by Gasteiger charge is 2.27. The molecule has 0 spiro atoms. The van der Waals surface area contributed by atoms with Gasteiger partial charge in [0.1, 0.15) is 17.7 Å². The summed E-state index contributed by atoms with van der Waals surface area (Å²) in [4.78, 5) is 24.3. The molecule has 6 nitrogen and oxygen atoms in total. The number of nitrogens with zero attached hydrogens (tertiary/aromatic N) is 3. The number of amides is 1. The molecule has 6 heteroatoms. The molecule has 2 atom stereocenters. The van der Waals surface area contributed by atoms with E-state index in [1.807, 2.05) is 29.3 Å². The Morgan fingerprint density at radius 2 is 2.26 bits per heavy atom. The molecule has 1 fully saturated rings. The summed E-state index contributed by atoms with van der Waals surface area (Å²) in [5.74, 6) is 2.36. The minimum Gasteiger partial charge on any atom is -0.490 e. The average molecular weight is 364 g/mol. The van der Waals surface area contributed by atoms with Crippen molar-refractivity contribution < 1.29 is 9.53 Å². The maximum Gasteiger partial charge on any atom is 0.254 e. The van der Waals surface area contributed by atoms with E-state index in [4.69, 9.17) is 9.72 Å². The molecule has 0 bridgehead atoms. The molecule has 0 unspecified atom stereocenters. The van der Waals surface area contributed by atoms with Crippen molar-refractivity contribution in [3.05, 3.63) is 52.6 Å². The molecular weight excluding hydrogens is 340 g/mol. The fourth-order valence-electron chi connectivity index (χ4n) is 4.31. The molecule has 1 amide bonds. The summed E-state index contributed by atoms with van der Waals surface area (Å²) in [6, 6.07) is 5.79. The number of hydrogen-bond acceptors (Lipinski definition) is 5. The van der Waals surface area contributed by atoms with Crippen molar-refractivity contribution in [3.8, 4) is 5.75 Å². The van der Waals surface area contributed by atoms with Crippen molar-refractivity contribution in [1.29, 1.82) is 0 Å². The highest BCUT2D eigenvalue weighted by molar-refractivity contribution is 5.94. The van der Waals surface area contributed by atoms with E-state index in [0.29, 0.717) is 19.0 Å². The summed E-state index contributed by atoms with van der Waals surface area (Å²) in [5.41, 5.74) is 4.04. The molecule has 140 valence electrons. The molecule has 27 heavy (non-hydrogen) atoms. The van der Waals surface area contributed by atoms with Gasteiger partial charge in [-0.15, -0.1) is 0 Å². The normalized spacial score (nSPS) is 23.7. The molecule has 3 aliphatic rings. The largest absolute Gasteiger partial charge is 0.490 e. The Bertz CT molecular complexity index is 892. The third-order valence-corrected chi connectivity index (χ3v) is 5.81. The van der Waals surface area contributed by atoms with Crippen LogP contribution in [0.15, 0.2) is 24.4 Å². The molecule has 1 aromatic carbocycles. The van der Waals surface area contributed by atoms with Crippen molar-refractivity contribution >= 4 is 5.91 Å². The lowest BCUT2D eigenvalue weighted by Gasteiger charge is -2.28. The van der Waals surface area contributed by atoms with E-state index < -0.39 is 0 Å². The molecule has 0 saturated carbocycles. The predicted molar refractivity (Wildman–Crippen MR) is 101 cm³/mol. The lowest BCUT2D eigenvalue weighted by Crippen LogP contribution is -2.36. The van der Waals surface area contributed by atoms with Gasteiger partial charge in [0.05, 0.1) is 5.69 Å². The van der Waals surface area contributed by atoms with Gasteiger partial charge < -0.3 is 15.0 Å². The first-order valence-corrected chi connectivity index (χ1v) is 9.81. The number of carbonyl (C=O) groups excluding carboxylic acids is 1. The maximum absolute atomic E-state index is 13.0. The first-order valence-electron chi connectivity index (χ1n) is 9.81. The Morgan fingerprint density at radius 1 is 1.33 bits per heavy atom. The molecule has 2 aromatic rings. The molecule has 5 rings (SSSR count). The topological polar surface area (TPSA) is 67.4 Å². The van der Waals surface area contributed by atoms with Crippen molar-refractivity contribution in [2.45, 2.75) is 44.8 Å². The number of hydrogen-bond donors (Lipinski definition) is 1. The Hall–Kier alpha value is -2.47. The number of aromatic nitrogens is 2. The van der Waals surface area contributed by atoms with Gasteiger partial charge in [0.15, 0.2) is 0 Å². The summed E-state index contributed by atoms with van der Waals surface area (Å²) in [6.07, 6.45) is 4.87. The third kappa shape index (κ3) is 3.08. The van der Waals surface area contributed by atoms with Crippen molar-refractivity contribution in [1.82, 2.24) is 20.2 Å². The van der Waals surface area contributed by atoms with Gasteiger partial charge in [0, 0.05) is 55.7 Å². The highest BCUT2D eigenvalue weighted by atomic mass is 16.5. The molecule has 1 saturated heterocycles. The van der Waals surface area contributed by atoms with Gasteiger partial charge >= 0.3 is 0 Å². The minimum atomic E-state index is 0.0760. The van der Waals surface area contributed by atoms with E-state index in [1.54, 1.807) is 0 Å². The van der Waals surface area contributed by atoms with Crippen LogP contribution in [0.1, 0.15) is 52.3 Å². The Labute approximate surface area is 159 Å². The smallest absolute Gasteiger partial charge is 0.254 e. The highest BCUT2D eigenvalue weighted by Crippen LogP contribution is 2.30. The SMILES string of the molecule is C[C@H]1Cc2cc(C(=O)N3CCc4nc([C@H]5CCNC5)ncc4C3)ccc2O1. The number of fused-ring (bicyclic) bond motifs is 2. The predicted octanol–water partition coefficient (Wildman–Crippen LogP) is 2.08. The molecular formula is C21H24N4O2. The number of ether oxygens (including phenoxy) is 1. The summed E-state index contributed by atoms with van der Waals surface area (Å²) in [7, 11) is 0. The first kappa shape index (κ1) is 16.7. The average Bonchev–Trinajstić information content (AvgIpc) is 3.34. The minimum absolute atomic E-state index is 0.0760. The molecule has 1 N–H and O–H groups in total. The second-order valence-electron chi connectivity index (χ2n) is 7.82. The summed E-state index contributed by atoms with van der Waals surface area (Å²) >= 11 is 0. The van der Waals surface area contributed by atoms with Gasteiger partial charge in [-0.25, -0.2) is 9.97 Å². The van der Waals surface area contributed by atoms with Crippen molar-refractivity contribution in [3.63, 3.8) is 0 Å². The van der Waals surface area contributed by atoms with E-state index in [9.17, 15) is 4.79 Å². The zero-order valence-corrected chi connectivity index (χ0v) is 15.6. The van der Waals surface area contributed by atoms with Crippen molar-refractivity contribution in [2.24, 2.45) is 0 Å². The van der Waals surface area contributed by atoms with Crippen LogP contribution in [0.4, 0.5) is 0 Å². The number of benzene rings is 1. The van der Waals surface area contributed by atoms with E-state index >= 15 is 0 Å². The van der Waals surface area contributed by atoms with E-state index in [-0.39, 0.29) is 12.0 Å². The van der Waals surface area contributed by atoms with Gasteiger partial charge in [-0.1, -0.05) is 0 Å². The van der Waals surface area contributed by atoms with E-state index in [2.05, 4.69) is 17.2 Å². The van der Waals surface area contributed by atoms with Crippen LogP contribution in [0.25, 0.3) is 0 Å². The molecule has 0 aliphatic carbocycles. The molecule has 0 radical (unpaired) electrons. The fraction of sp³-hybridized carbons (Fsp3) is 0.476. The van der Waals surface area contributed by atoms with Crippen LogP contribution >= 0.6 is 0 Å². The lowest BCUT2D eigenvalue weighted by molar-refractivity contribution is 0.0733. The lowest BCUT2D eigenvalue weighted by atomic mass is 10.0. The van der Waals surface area contributed by atoms with Crippen LogP contribution in [0, 0.1) is 0 Å². The molecule has 1 aromatic heterocycles. The van der Waals surface area contributed by atoms with Gasteiger partial charge in [0.2, 0.25) is 0 Å². The maximum atomic E-state index is 13.0. The Morgan fingerprint density at radius 3 is 3.11 bits per heavy atom. The summed E-state index contributed by atoms with van der Waals surface area (Å²) in [6.45, 7) is 5.34. The van der Waals surface area contributed by atoms with E-state index in [1.165, 1.54) is 0 Å². The van der Waals surface area contributed by atoms with Crippen LogP contribution in [-0.2, 0) is 19.4 Å². The van der Waals surface area contributed by atoms with Crippen LogP contribution in [0.5, 0.6) is 5.75 Å². The van der Waals surface area contributed by atoms with Gasteiger partial charge in [-0.05, 0) is 43.7 Å². The monoisotopic (exact) mass is 364 g/mol. The van der Waals surface area contributed by atoms with Gasteiger partial charge in [0.25, 0.3) is 5.91 Å².